The summed E-state index contributed by atoms with van der Waals surface area (Å²) in [7, 11) is 0. The number of benzene rings is 1. The van der Waals surface area contributed by atoms with Crippen LogP contribution < -0.4 is 0 Å². The highest BCUT2D eigenvalue weighted by Gasteiger charge is 2.37. The van der Waals surface area contributed by atoms with Gasteiger partial charge in [0, 0.05) is 19.9 Å². The number of hydrogen-bond donors (Lipinski definition) is 0. The highest BCUT2D eigenvalue weighted by molar-refractivity contribution is 14.1. The average Bonchev–Trinajstić information content (AvgIpc) is 3.17. The van der Waals surface area contributed by atoms with Crippen LogP contribution in [0.5, 0.6) is 0 Å². The van der Waals surface area contributed by atoms with Crippen molar-refractivity contribution in [2.24, 2.45) is 11.3 Å². The van der Waals surface area contributed by atoms with Crippen molar-refractivity contribution in [1.82, 2.24) is 4.98 Å². The average molecular weight is 667 g/mol. The molecule has 0 N–H and O–H groups in total. The van der Waals surface area contributed by atoms with Gasteiger partial charge in [-0.25, -0.2) is 0 Å². The lowest BCUT2D eigenvalue weighted by Gasteiger charge is -2.29. The molecule has 0 amide bonds. The summed E-state index contributed by atoms with van der Waals surface area (Å²) in [6, 6.07) is 11.3. The first kappa shape index (κ1) is 26.9. The minimum Gasteiger partial charge on any atom is -0.264 e. The quantitative estimate of drug-likeness (QED) is 0.132. The van der Waals surface area contributed by atoms with E-state index >= 15 is 0 Å². The van der Waals surface area contributed by atoms with E-state index in [0.29, 0.717) is 11.3 Å². The molecular formula is C30H39I2N. The molecule has 178 valence electrons. The van der Waals surface area contributed by atoms with Crippen molar-refractivity contribution in [2.75, 3.05) is 0 Å². The van der Waals surface area contributed by atoms with Gasteiger partial charge < -0.3 is 0 Å². The van der Waals surface area contributed by atoms with Crippen molar-refractivity contribution in [2.45, 2.75) is 82.0 Å². The van der Waals surface area contributed by atoms with Crippen LogP contribution in [-0.4, -0.2) is 8.91 Å². The highest BCUT2D eigenvalue weighted by atomic mass is 127. The molecule has 1 saturated carbocycles. The fourth-order valence-corrected chi connectivity index (χ4v) is 7.83. The number of aromatic nitrogens is 1. The third kappa shape index (κ3) is 7.91. The van der Waals surface area contributed by atoms with Crippen LogP contribution in [0.4, 0.5) is 0 Å². The predicted octanol–water partition coefficient (Wildman–Crippen LogP) is 9.79. The van der Waals surface area contributed by atoms with Gasteiger partial charge in [-0.3, -0.25) is 4.98 Å². The van der Waals surface area contributed by atoms with Crippen molar-refractivity contribution in [3.05, 3.63) is 81.7 Å². The first-order valence-corrected chi connectivity index (χ1v) is 14.8. The second kappa shape index (κ2) is 12.9. The Kier molecular flexibility index (Phi) is 10.5. The van der Waals surface area contributed by atoms with E-state index in [1.807, 2.05) is 24.5 Å². The molecule has 0 aliphatic heterocycles. The van der Waals surface area contributed by atoms with E-state index < -0.39 is 0 Å². The monoisotopic (exact) mass is 667 g/mol. The minimum atomic E-state index is 0.472. The lowest BCUT2D eigenvalue weighted by molar-refractivity contribution is 0.245. The lowest BCUT2D eigenvalue weighted by atomic mass is 9.77. The Balaban J connectivity index is 1.54. The maximum Gasteiger partial charge on any atom is 0.0299 e. The number of alkyl halides is 1. The van der Waals surface area contributed by atoms with Gasteiger partial charge in [0.15, 0.2) is 0 Å². The number of pyridine rings is 1. The smallest absolute Gasteiger partial charge is 0.0299 e. The van der Waals surface area contributed by atoms with Crippen LogP contribution in [0, 0.1) is 14.9 Å². The second-order valence-corrected chi connectivity index (χ2v) is 13.2. The summed E-state index contributed by atoms with van der Waals surface area (Å²) < 4.78 is 2.15. The maximum absolute atomic E-state index is 4.26. The second-order valence-electron chi connectivity index (χ2n) is 10.3. The van der Waals surface area contributed by atoms with Gasteiger partial charge in [-0.1, -0.05) is 80.3 Å². The summed E-state index contributed by atoms with van der Waals surface area (Å²) in [5, 5.41) is 0. The lowest BCUT2D eigenvalue weighted by Crippen LogP contribution is -2.18. The summed E-state index contributed by atoms with van der Waals surface area (Å²) >= 11 is 5.23. The molecule has 3 heteroatoms. The zero-order chi connectivity index (χ0) is 23.8. The summed E-state index contributed by atoms with van der Waals surface area (Å²) in [5.41, 5.74) is 5.94. The minimum absolute atomic E-state index is 0.472. The van der Waals surface area contributed by atoms with E-state index in [2.05, 4.69) is 108 Å². The predicted molar refractivity (Wildman–Crippen MR) is 161 cm³/mol. The standard InChI is InChI=1S/C30H39I2N/c1-5-8-24(6-2)25-11-13-28(29(32)18-25)26-14-15-30(4,20-26)19-22(3)17-27(31)12-10-23-9-7-16-33-21-23/h6-9,11,13,16,18,21-22,26-27H,2,5,10,12,14-15,17,19-20H2,1,3-4H3/b24-8+/t22-,26?,27-,30-/m1/s1. The Morgan fingerprint density at radius 1 is 1.33 bits per heavy atom. The van der Waals surface area contributed by atoms with E-state index in [1.165, 1.54) is 58.8 Å². The third-order valence-corrected chi connectivity index (χ3v) is 9.29. The fraction of sp³-hybridized carbons (Fsp3) is 0.500. The normalized spacial score (nSPS) is 22.8. The van der Waals surface area contributed by atoms with Crippen LogP contribution in [0.2, 0.25) is 0 Å². The molecular weight excluding hydrogens is 628 g/mol. The zero-order valence-corrected chi connectivity index (χ0v) is 24.8. The highest BCUT2D eigenvalue weighted by Crippen LogP contribution is 2.51. The molecule has 1 fully saturated rings. The van der Waals surface area contributed by atoms with Crippen LogP contribution in [0.3, 0.4) is 0 Å². The topological polar surface area (TPSA) is 12.9 Å². The molecule has 1 aromatic carbocycles. The molecule has 1 aliphatic rings. The Morgan fingerprint density at radius 2 is 2.15 bits per heavy atom. The third-order valence-electron chi connectivity index (χ3n) is 7.22. The molecule has 1 heterocycles. The molecule has 33 heavy (non-hydrogen) atoms. The fourth-order valence-electron chi connectivity index (χ4n) is 5.70. The summed E-state index contributed by atoms with van der Waals surface area (Å²) in [5.74, 6) is 1.48. The Bertz CT molecular complexity index is 936. The molecule has 2 aromatic rings. The van der Waals surface area contributed by atoms with Gasteiger partial charge >= 0.3 is 0 Å². The number of hydrogen-bond acceptors (Lipinski definition) is 1. The first-order valence-electron chi connectivity index (χ1n) is 12.5. The van der Waals surface area contributed by atoms with Gasteiger partial charge in [-0.05, 0) is 126 Å². The molecule has 1 aliphatic carbocycles. The van der Waals surface area contributed by atoms with Gasteiger partial charge in [0.25, 0.3) is 0 Å². The van der Waals surface area contributed by atoms with Crippen molar-refractivity contribution in [1.29, 1.82) is 0 Å². The van der Waals surface area contributed by atoms with Gasteiger partial charge in [0.1, 0.15) is 0 Å². The molecule has 3 rings (SSSR count). The number of allylic oxidation sites excluding steroid dienone is 3. The zero-order valence-electron chi connectivity index (χ0n) is 20.5. The number of halogens is 2. The molecule has 4 atom stereocenters. The molecule has 1 aromatic heterocycles. The molecule has 0 saturated heterocycles. The van der Waals surface area contributed by atoms with Crippen molar-refractivity contribution in [3.8, 4) is 0 Å². The molecule has 0 spiro atoms. The summed E-state index contributed by atoms with van der Waals surface area (Å²) in [6.07, 6.45) is 18.2. The Morgan fingerprint density at radius 3 is 2.82 bits per heavy atom. The SMILES string of the molecule is C=C/C(=C\CC)c1ccc(C2CC[C@](C)(C[C@H](C)C[C@H](I)CCc3cccnc3)C2)c(I)c1. The van der Waals surface area contributed by atoms with Gasteiger partial charge in [0.2, 0.25) is 0 Å². The van der Waals surface area contributed by atoms with E-state index in [-0.39, 0.29) is 0 Å². The van der Waals surface area contributed by atoms with Gasteiger partial charge in [-0.15, -0.1) is 0 Å². The van der Waals surface area contributed by atoms with Crippen molar-refractivity contribution < 1.29 is 0 Å². The van der Waals surface area contributed by atoms with Gasteiger partial charge in [-0.2, -0.15) is 0 Å². The van der Waals surface area contributed by atoms with Crippen LogP contribution in [0.25, 0.3) is 5.57 Å². The maximum atomic E-state index is 4.26. The molecule has 1 unspecified atom stereocenters. The first-order chi connectivity index (χ1) is 15.8. The van der Waals surface area contributed by atoms with Crippen LogP contribution in [-0.2, 0) is 6.42 Å². The van der Waals surface area contributed by atoms with Crippen molar-refractivity contribution >= 4 is 50.8 Å². The largest absolute Gasteiger partial charge is 0.264 e. The van der Waals surface area contributed by atoms with E-state index in [0.717, 1.165) is 22.7 Å². The molecule has 0 bridgehead atoms. The van der Waals surface area contributed by atoms with Crippen LogP contribution in [0.15, 0.2) is 61.5 Å². The van der Waals surface area contributed by atoms with Crippen LogP contribution in [0.1, 0.15) is 88.3 Å². The van der Waals surface area contributed by atoms with E-state index in [9.17, 15) is 0 Å². The van der Waals surface area contributed by atoms with Crippen molar-refractivity contribution in [3.63, 3.8) is 0 Å². The Labute approximate surface area is 229 Å². The van der Waals surface area contributed by atoms with E-state index in [4.69, 9.17) is 0 Å². The number of aryl methyl sites for hydroxylation is 1. The summed E-state index contributed by atoms with van der Waals surface area (Å²) in [6.45, 7) is 11.2. The summed E-state index contributed by atoms with van der Waals surface area (Å²) in [4.78, 5) is 4.26. The molecule has 1 nitrogen and oxygen atoms in total. The van der Waals surface area contributed by atoms with Gasteiger partial charge in [0.05, 0.1) is 0 Å². The molecule has 0 radical (unpaired) electrons. The number of rotatable bonds is 11. The van der Waals surface area contributed by atoms with Crippen LogP contribution >= 0.6 is 45.2 Å². The van der Waals surface area contributed by atoms with E-state index in [1.54, 1.807) is 5.56 Å². The number of nitrogens with zero attached hydrogens (tertiary/aromatic N) is 1. The Hall–Kier alpha value is -0.690.